The number of aromatic amines is 1. The fraction of sp³-hybridized carbons (Fsp3) is 0.217. The average Bonchev–Trinajstić information content (AvgIpc) is 3.55. The molecule has 1 saturated heterocycles. The van der Waals surface area contributed by atoms with Gasteiger partial charge in [0.05, 0.1) is 18.4 Å². The molecule has 180 valence electrons. The molecule has 0 bridgehead atoms. The number of hydrogen-bond acceptors (Lipinski definition) is 7. The molecule has 4 heterocycles. The van der Waals surface area contributed by atoms with E-state index in [2.05, 4.69) is 24.7 Å². The number of H-pyrrole nitrogens is 1. The second kappa shape index (κ2) is 9.04. The number of rotatable bonds is 7. The Morgan fingerprint density at radius 1 is 1.09 bits per heavy atom. The molecule has 0 unspecified atom stereocenters. The summed E-state index contributed by atoms with van der Waals surface area (Å²) in [5.74, 6) is -1.55. The summed E-state index contributed by atoms with van der Waals surface area (Å²) in [4.78, 5) is 28.8. The van der Waals surface area contributed by atoms with Gasteiger partial charge in [0.25, 0.3) is 0 Å². The van der Waals surface area contributed by atoms with Crippen LogP contribution >= 0.6 is 0 Å². The molecule has 10 nitrogen and oxygen atoms in total. The maximum absolute atomic E-state index is 15.3. The molecule has 1 aliphatic heterocycles. The molecule has 0 atom stereocenters. The second-order valence-electron chi connectivity index (χ2n) is 7.99. The van der Waals surface area contributed by atoms with Crippen LogP contribution in [0.15, 0.2) is 49.1 Å². The number of nitrogens with zero attached hydrogens (tertiary/aromatic N) is 4. The predicted octanol–water partition coefficient (Wildman–Crippen LogP) is 3.15. The van der Waals surface area contributed by atoms with Gasteiger partial charge in [0, 0.05) is 60.0 Å². The number of fused-ring (bicyclic) bond motifs is 1. The molecule has 35 heavy (non-hydrogen) atoms. The van der Waals surface area contributed by atoms with Crippen LogP contribution in [0.3, 0.4) is 0 Å². The molecular weight excluding hydrogens is 475 g/mol. The van der Waals surface area contributed by atoms with E-state index in [0.717, 1.165) is 12.8 Å². The van der Waals surface area contributed by atoms with Crippen LogP contribution in [0.1, 0.15) is 28.8 Å². The van der Waals surface area contributed by atoms with Gasteiger partial charge >= 0.3 is 16.2 Å². The normalized spacial score (nSPS) is 14.3. The summed E-state index contributed by atoms with van der Waals surface area (Å²) < 4.78 is 49.0. The largest absolute Gasteiger partial charge is 0.467 e. The van der Waals surface area contributed by atoms with Gasteiger partial charge in [-0.05, 0) is 31.0 Å². The van der Waals surface area contributed by atoms with Crippen molar-refractivity contribution in [2.75, 3.05) is 24.9 Å². The highest BCUT2D eigenvalue weighted by Crippen LogP contribution is 2.28. The number of carbonyl (C=O) groups is 1. The summed E-state index contributed by atoms with van der Waals surface area (Å²) in [5.41, 5.74) is 1.41. The predicted molar refractivity (Wildman–Crippen MR) is 127 cm³/mol. The lowest BCUT2D eigenvalue weighted by Crippen LogP contribution is -2.33. The van der Waals surface area contributed by atoms with Crippen LogP contribution in [-0.4, -0.2) is 58.6 Å². The fourth-order valence-corrected chi connectivity index (χ4v) is 5.29. The molecule has 0 aliphatic carbocycles. The zero-order chi connectivity index (χ0) is 24.6. The molecule has 1 aromatic carbocycles. The molecule has 12 heteroatoms. The van der Waals surface area contributed by atoms with Crippen molar-refractivity contribution in [1.82, 2.24) is 24.2 Å². The van der Waals surface area contributed by atoms with Crippen LogP contribution in [0.4, 0.5) is 10.1 Å². The van der Waals surface area contributed by atoms with Gasteiger partial charge in [-0.2, -0.15) is 12.7 Å². The average molecular weight is 497 g/mol. The molecule has 1 aliphatic rings. The van der Waals surface area contributed by atoms with Crippen LogP contribution in [0.25, 0.3) is 22.2 Å². The number of carbonyl (C=O) groups excluding carboxylic acids is 1. The number of nitrogens with one attached hydrogen (secondary N) is 2. The van der Waals surface area contributed by atoms with E-state index in [4.69, 9.17) is 4.74 Å². The van der Waals surface area contributed by atoms with Gasteiger partial charge in [-0.15, -0.1) is 0 Å². The van der Waals surface area contributed by atoms with E-state index in [1.165, 1.54) is 35.8 Å². The number of halogens is 1. The minimum absolute atomic E-state index is 0.197. The van der Waals surface area contributed by atoms with E-state index in [-0.39, 0.29) is 22.8 Å². The maximum Gasteiger partial charge on any atom is 0.316 e. The molecule has 3 aromatic heterocycles. The highest BCUT2D eigenvalue weighted by atomic mass is 32.2. The summed E-state index contributed by atoms with van der Waals surface area (Å²) in [6.45, 7) is 0.749. The fourth-order valence-electron chi connectivity index (χ4n) is 3.98. The van der Waals surface area contributed by atoms with Crippen molar-refractivity contribution in [1.29, 1.82) is 0 Å². The first kappa shape index (κ1) is 22.9. The van der Waals surface area contributed by atoms with Gasteiger partial charge in [0.1, 0.15) is 5.65 Å². The van der Waals surface area contributed by atoms with Crippen molar-refractivity contribution in [3.05, 3.63) is 66.0 Å². The third kappa shape index (κ3) is 4.33. The Labute approximate surface area is 200 Å². The van der Waals surface area contributed by atoms with Gasteiger partial charge in [-0.1, -0.05) is 6.07 Å². The molecule has 2 N–H and O–H groups in total. The van der Waals surface area contributed by atoms with E-state index in [1.54, 1.807) is 24.7 Å². The minimum Gasteiger partial charge on any atom is -0.467 e. The Kier molecular flexibility index (Phi) is 5.91. The Balaban J connectivity index is 1.48. The van der Waals surface area contributed by atoms with Gasteiger partial charge in [0.2, 0.25) is 0 Å². The topological polar surface area (TPSA) is 130 Å². The van der Waals surface area contributed by atoms with Crippen LogP contribution < -0.4 is 9.46 Å². The molecule has 0 amide bonds. The third-order valence-electron chi connectivity index (χ3n) is 5.81. The van der Waals surface area contributed by atoms with Crippen LogP contribution in [0, 0.1) is 5.82 Å². The first-order chi connectivity index (χ1) is 16.9. The maximum atomic E-state index is 15.3. The van der Waals surface area contributed by atoms with Crippen molar-refractivity contribution in [3.63, 3.8) is 0 Å². The summed E-state index contributed by atoms with van der Waals surface area (Å²) in [6.07, 6.45) is 7.70. The van der Waals surface area contributed by atoms with E-state index in [1.807, 2.05) is 0 Å². The van der Waals surface area contributed by atoms with Crippen LogP contribution in [0.5, 0.6) is 6.01 Å². The standard InChI is InChI=1S/C23H21FN6O4S/c1-34-23-27-11-15(12-28-23)14-9-17-18(13-26-22(17)25-10-14)21(31)16-5-4-6-19(20(16)24)29-35(32,33)30-7-2-3-8-30/h4-6,9-13,29H,2-3,7-8H2,1H3,(H,25,26). The van der Waals surface area contributed by atoms with E-state index in [9.17, 15) is 13.2 Å². The van der Waals surface area contributed by atoms with Crippen LogP contribution in [0.2, 0.25) is 0 Å². The quantitative estimate of drug-likeness (QED) is 0.376. The third-order valence-corrected chi connectivity index (χ3v) is 7.33. The lowest BCUT2D eigenvalue weighted by atomic mass is 10.0. The zero-order valence-electron chi connectivity index (χ0n) is 18.7. The Hall–Kier alpha value is -3.90. The Bertz CT molecular complexity index is 1520. The van der Waals surface area contributed by atoms with Crippen LogP contribution in [-0.2, 0) is 10.2 Å². The minimum atomic E-state index is -3.91. The number of ketones is 1. The number of anilines is 1. The number of pyridine rings is 1. The molecule has 0 spiro atoms. The molecule has 0 radical (unpaired) electrons. The van der Waals surface area contributed by atoms with Crippen molar-refractivity contribution in [2.45, 2.75) is 12.8 Å². The SMILES string of the molecule is COc1ncc(-c2cnc3[nH]cc(C(=O)c4cccc(NS(=O)(=O)N5CCCC5)c4F)c3c2)cn1. The smallest absolute Gasteiger partial charge is 0.316 e. The first-order valence-electron chi connectivity index (χ1n) is 10.8. The summed E-state index contributed by atoms with van der Waals surface area (Å²) in [7, 11) is -2.45. The molecule has 0 saturated carbocycles. The molecule has 5 rings (SSSR count). The first-order valence-corrected chi connectivity index (χ1v) is 12.3. The summed E-state index contributed by atoms with van der Waals surface area (Å²) in [6, 6.07) is 5.99. The van der Waals surface area contributed by atoms with Crippen molar-refractivity contribution in [2.24, 2.45) is 0 Å². The molecule has 1 fully saturated rings. The molecular formula is C23H21FN6O4S. The Morgan fingerprint density at radius 3 is 2.51 bits per heavy atom. The van der Waals surface area contributed by atoms with Gasteiger partial charge in [-0.3, -0.25) is 9.52 Å². The number of hydrogen-bond donors (Lipinski definition) is 2. The lowest BCUT2D eigenvalue weighted by molar-refractivity contribution is 0.103. The second-order valence-corrected chi connectivity index (χ2v) is 9.66. The highest BCUT2D eigenvalue weighted by Gasteiger charge is 2.27. The van der Waals surface area contributed by atoms with E-state index < -0.39 is 21.8 Å². The lowest BCUT2D eigenvalue weighted by Gasteiger charge is -2.17. The van der Waals surface area contributed by atoms with Crippen molar-refractivity contribution < 1.29 is 22.3 Å². The van der Waals surface area contributed by atoms with Gasteiger partial charge in [-0.25, -0.2) is 19.3 Å². The Morgan fingerprint density at radius 2 is 1.80 bits per heavy atom. The number of ether oxygens (including phenoxy) is 1. The molecule has 4 aromatic rings. The van der Waals surface area contributed by atoms with Gasteiger partial charge in [0.15, 0.2) is 11.6 Å². The summed E-state index contributed by atoms with van der Waals surface area (Å²) >= 11 is 0. The zero-order valence-corrected chi connectivity index (χ0v) is 19.5. The number of methoxy groups -OCH3 is 1. The van der Waals surface area contributed by atoms with E-state index in [0.29, 0.717) is 35.2 Å². The van der Waals surface area contributed by atoms with Crippen molar-refractivity contribution in [3.8, 4) is 17.1 Å². The summed E-state index contributed by atoms with van der Waals surface area (Å²) in [5, 5.41) is 0.478. The van der Waals surface area contributed by atoms with E-state index >= 15 is 4.39 Å². The number of aromatic nitrogens is 4. The van der Waals surface area contributed by atoms with Crippen molar-refractivity contribution >= 4 is 32.7 Å². The highest BCUT2D eigenvalue weighted by molar-refractivity contribution is 7.90. The monoisotopic (exact) mass is 496 g/mol. The van der Waals surface area contributed by atoms with Gasteiger partial charge < -0.3 is 9.72 Å². The number of benzene rings is 1.